The number of para-hydroxylation sites is 1. The summed E-state index contributed by atoms with van der Waals surface area (Å²) in [7, 11) is 0. The van der Waals surface area contributed by atoms with Gasteiger partial charge in [-0.3, -0.25) is 19.7 Å². The summed E-state index contributed by atoms with van der Waals surface area (Å²) >= 11 is 0. The van der Waals surface area contributed by atoms with Gasteiger partial charge in [-0.15, -0.1) is 0 Å². The third-order valence-electron chi connectivity index (χ3n) is 6.24. The highest BCUT2D eigenvalue weighted by molar-refractivity contribution is 5.89. The lowest BCUT2D eigenvalue weighted by Gasteiger charge is -2.32. The van der Waals surface area contributed by atoms with Crippen LogP contribution in [-0.2, 0) is 29.0 Å². The van der Waals surface area contributed by atoms with Crippen LogP contribution in [0.2, 0.25) is 0 Å². The summed E-state index contributed by atoms with van der Waals surface area (Å²) in [6.45, 7) is 6.10. The fraction of sp³-hybridized carbons (Fsp3) is 0.310. The maximum absolute atomic E-state index is 13.8. The molecular formula is C29H33N3O4. The Balaban J connectivity index is 2.02. The van der Waals surface area contributed by atoms with E-state index in [1.54, 1.807) is 23.1 Å². The largest absolute Gasteiger partial charge is 0.352 e. The summed E-state index contributed by atoms with van der Waals surface area (Å²) in [5.74, 6) is -0.581. The Morgan fingerprint density at radius 1 is 0.972 bits per heavy atom. The number of nitrogens with one attached hydrogen (secondary N) is 1. The van der Waals surface area contributed by atoms with E-state index in [4.69, 9.17) is 0 Å². The molecule has 2 amide bonds. The molecule has 0 saturated heterocycles. The number of nitro benzene ring substituents is 1. The summed E-state index contributed by atoms with van der Waals surface area (Å²) < 4.78 is 0. The van der Waals surface area contributed by atoms with Crippen molar-refractivity contribution in [1.82, 2.24) is 10.2 Å². The second kappa shape index (κ2) is 12.6. The topological polar surface area (TPSA) is 92.6 Å². The monoisotopic (exact) mass is 487 g/mol. The van der Waals surface area contributed by atoms with Crippen molar-refractivity contribution in [2.24, 2.45) is 0 Å². The van der Waals surface area contributed by atoms with E-state index in [0.29, 0.717) is 12.0 Å². The normalized spacial score (nSPS) is 12.4. The molecule has 3 aromatic carbocycles. The first kappa shape index (κ1) is 26.6. The van der Waals surface area contributed by atoms with Crippen molar-refractivity contribution < 1.29 is 14.5 Å². The smallest absolute Gasteiger partial charge is 0.273 e. The van der Waals surface area contributed by atoms with Gasteiger partial charge in [0.25, 0.3) is 5.69 Å². The van der Waals surface area contributed by atoms with Gasteiger partial charge in [0.1, 0.15) is 6.04 Å². The van der Waals surface area contributed by atoms with E-state index in [2.05, 4.69) is 5.32 Å². The van der Waals surface area contributed by atoms with E-state index in [9.17, 15) is 19.7 Å². The van der Waals surface area contributed by atoms with Crippen LogP contribution in [0.25, 0.3) is 0 Å². The second-order valence-corrected chi connectivity index (χ2v) is 9.10. The Labute approximate surface area is 212 Å². The van der Waals surface area contributed by atoms with Crippen molar-refractivity contribution in [3.8, 4) is 0 Å². The molecule has 7 heteroatoms. The first-order valence-corrected chi connectivity index (χ1v) is 12.2. The minimum absolute atomic E-state index is 0.0538. The van der Waals surface area contributed by atoms with Crippen LogP contribution in [0.3, 0.4) is 0 Å². The van der Waals surface area contributed by atoms with Crippen molar-refractivity contribution in [3.63, 3.8) is 0 Å². The van der Waals surface area contributed by atoms with Crippen molar-refractivity contribution in [2.45, 2.75) is 58.7 Å². The Hall–Kier alpha value is -4.00. The van der Waals surface area contributed by atoms with Crippen LogP contribution >= 0.6 is 0 Å². The molecule has 3 aromatic rings. The molecule has 0 aliphatic rings. The maximum Gasteiger partial charge on any atom is 0.273 e. The zero-order valence-electron chi connectivity index (χ0n) is 21.0. The van der Waals surface area contributed by atoms with Gasteiger partial charge in [0, 0.05) is 30.6 Å². The molecule has 3 rings (SSSR count). The van der Waals surface area contributed by atoms with Gasteiger partial charge >= 0.3 is 0 Å². The van der Waals surface area contributed by atoms with Gasteiger partial charge in [0.05, 0.1) is 11.3 Å². The second-order valence-electron chi connectivity index (χ2n) is 9.10. The molecule has 0 heterocycles. The van der Waals surface area contributed by atoms with E-state index in [0.717, 1.165) is 23.1 Å². The number of amides is 2. The number of aryl methyl sites for hydroxylation is 1. The van der Waals surface area contributed by atoms with Gasteiger partial charge in [-0.05, 0) is 31.4 Å². The zero-order valence-corrected chi connectivity index (χ0v) is 21.0. The summed E-state index contributed by atoms with van der Waals surface area (Å²) in [5, 5.41) is 14.6. The Bertz CT molecular complexity index is 1200. The first-order valence-electron chi connectivity index (χ1n) is 12.2. The molecule has 0 aliphatic heterocycles. The molecule has 7 nitrogen and oxygen atoms in total. The van der Waals surface area contributed by atoms with Gasteiger partial charge in [0.15, 0.2) is 0 Å². The van der Waals surface area contributed by atoms with E-state index >= 15 is 0 Å². The molecule has 0 fully saturated rings. The molecule has 0 bridgehead atoms. The minimum atomic E-state index is -0.780. The summed E-state index contributed by atoms with van der Waals surface area (Å²) in [6, 6.07) is 22.8. The molecule has 0 radical (unpaired) electrons. The fourth-order valence-electron chi connectivity index (χ4n) is 4.11. The van der Waals surface area contributed by atoms with Gasteiger partial charge in [-0.1, -0.05) is 85.3 Å². The van der Waals surface area contributed by atoms with E-state index in [1.807, 2.05) is 75.4 Å². The quantitative estimate of drug-likeness (QED) is 0.304. The predicted octanol–water partition coefficient (Wildman–Crippen LogP) is 5.00. The van der Waals surface area contributed by atoms with Crippen LogP contribution in [0, 0.1) is 17.0 Å². The molecular weight excluding hydrogens is 454 g/mol. The molecule has 0 saturated carbocycles. The average Bonchev–Trinajstić information content (AvgIpc) is 2.86. The van der Waals surface area contributed by atoms with Gasteiger partial charge < -0.3 is 10.2 Å². The van der Waals surface area contributed by atoms with Crippen LogP contribution in [0.15, 0.2) is 78.9 Å². The predicted molar refractivity (Wildman–Crippen MR) is 140 cm³/mol. The number of rotatable bonds is 11. The van der Waals surface area contributed by atoms with Crippen molar-refractivity contribution in [1.29, 1.82) is 0 Å². The number of hydrogen-bond acceptors (Lipinski definition) is 4. The first-order chi connectivity index (χ1) is 17.3. The number of benzene rings is 3. The molecule has 0 aliphatic carbocycles. The number of carbonyl (C=O) groups is 2. The molecule has 0 unspecified atom stereocenters. The highest BCUT2D eigenvalue weighted by atomic mass is 16.6. The van der Waals surface area contributed by atoms with E-state index in [-0.39, 0.29) is 36.5 Å². The molecule has 36 heavy (non-hydrogen) atoms. The lowest BCUT2D eigenvalue weighted by molar-refractivity contribution is -0.385. The van der Waals surface area contributed by atoms with Crippen LogP contribution in [0.5, 0.6) is 0 Å². The lowest BCUT2D eigenvalue weighted by Crippen LogP contribution is -2.52. The number of nitrogens with zero attached hydrogens (tertiary/aromatic N) is 2. The van der Waals surface area contributed by atoms with Crippen LogP contribution < -0.4 is 5.32 Å². The highest BCUT2D eigenvalue weighted by Crippen LogP contribution is 2.22. The van der Waals surface area contributed by atoms with Gasteiger partial charge in [-0.25, -0.2) is 0 Å². The Kier molecular flexibility index (Phi) is 9.33. The Morgan fingerprint density at radius 2 is 1.64 bits per heavy atom. The van der Waals surface area contributed by atoms with Gasteiger partial charge in [-0.2, -0.15) is 0 Å². The van der Waals surface area contributed by atoms with Gasteiger partial charge in [0.2, 0.25) is 11.8 Å². The zero-order chi connectivity index (χ0) is 26.1. The maximum atomic E-state index is 13.8. The van der Waals surface area contributed by atoms with Crippen LogP contribution in [-0.4, -0.2) is 33.7 Å². The Morgan fingerprint density at radius 3 is 2.31 bits per heavy atom. The molecule has 188 valence electrons. The van der Waals surface area contributed by atoms with Crippen LogP contribution in [0.1, 0.15) is 42.5 Å². The standard InChI is InChI=1S/C29H33N3O4/c1-4-22(3)30-29(34)27(18-23-12-6-5-7-13-23)31(20-24-14-10-11-21(2)17-24)28(33)19-25-15-8-9-16-26(25)32(35)36/h5-17,22,27H,4,18-20H2,1-3H3,(H,30,34)/t22-,27+/m0/s1. The molecule has 0 spiro atoms. The average molecular weight is 488 g/mol. The third kappa shape index (κ3) is 7.25. The molecule has 0 aromatic heterocycles. The van der Waals surface area contributed by atoms with Crippen molar-refractivity contribution >= 4 is 17.5 Å². The molecule has 2 atom stereocenters. The SMILES string of the molecule is CC[C@H](C)NC(=O)[C@@H](Cc1ccccc1)N(Cc1cccc(C)c1)C(=O)Cc1ccccc1[N+](=O)[O-]. The summed E-state index contributed by atoms with van der Waals surface area (Å²) in [4.78, 5) is 40.0. The highest BCUT2D eigenvalue weighted by Gasteiger charge is 2.32. The number of nitro groups is 1. The third-order valence-corrected chi connectivity index (χ3v) is 6.24. The fourth-order valence-corrected chi connectivity index (χ4v) is 4.11. The van der Waals surface area contributed by atoms with Crippen molar-refractivity contribution in [3.05, 3.63) is 111 Å². The van der Waals surface area contributed by atoms with E-state index in [1.165, 1.54) is 6.07 Å². The summed E-state index contributed by atoms with van der Waals surface area (Å²) in [6.07, 6.45) is 0.911. The summed E-state index contributed by atoms with van der Waals surface area (Å²) in [5.41, 5.74) is 3.07. The minimum Gasteiger partial charge on any atom is -0.352 e. The number of hydrogen-bond donors (Lipinski definition) is 1. The molecule has 1 N–H and O–H groups in total. The van der Waals surface area contributed by atoms with Crippen molar-refractivity contribution in [2.75, 3.05) is 0 Å². The lowest BCUT2D eigenvalue weighted by atomic mass is 10.0. The van der Waals surface area contributed by atoms with Crippen LogP contribution in [0.4, 0.5) is 5.69 Å². The number of carbonyl (C=O) groups excluding carboxylic acids is 2. The van der Waals surface area contributed by atoms with E-state index < -0.39 is 11.0 Å².